The second-order valence-electron chi connectivity index (χ2n) is 4.38. The average Bonchev–Trinajstić information content (AvgIpc) is 2.79. The molecule has 0 fully saturated rings. The monoisotopic (exact) mass is 231 g/mol. The smallest absolute Gasteiger partial charge is 0.120 e. The van der Waals surface area contributed by atoms with Crippen LogP contribution in [0.3, 0.4) is 0 Å². The zero-order valence-corrected chi connectivity index (χ0v) is 10.1. The lowest BCUT2D eigenvalue weighted by Gasteiger charge is -2.04. The fraction of sp³-hybridized carbons (Fsp3) is 0.308. The van der Waals surface area contributed by atoms with Crippen LogP contribution < -0.4 is 5.73 Å². The molecule has 0 saturated heterocycles. The standard InChI is InChI=1S/C13H17N3O/c1-8(2)13-15-7-11(16-13)9-3-4-12(17)10(5-9)6-14/h3-5,7-8,17H,6,14H2,1-2H3,(H,15,16). The van der Waals surface area contributed by atoms with Crippen molar-refractivity contribution in [1.29, 1.82) is 0 Å². The summed E-state index contributed by atoms with van der Waals surface area (Å²) in [7, 11) is 0. The van der Waals surface area contributed by atoms with Crippen molar-refractivity contribution in [2.24, 2.45) is 5.73 Å². The number of H-pyrrole nitrogens is 1. The third-order valence-electron chi connectivity index (χ3n) is 2.75. The van der Waals surface area contributed by atoms with Gasteiger partial charge in [-0.05, 0) is 18.2 Å². The molecular formula is C13H17N3O. The Labute approximate surface area is 101 Å². The molecule has 2 rings (SSSR count). The highest BCUT2D eigenvalue weighted by atomic mass is 16.3. The highest BCUT2D eigenvalue weighted by Gasteiger charge is 2.08. The van der Waals surface area contributed by atoms with Crippen molar-refractivity contribution in [2.45, 2.75) is 26.3 Å². The molecule has 0 spiro atoms. The summed E-state index contributed by atoms with van der Waals surface area (Å²) in [6.45, 7) is 4.50. The van der Waals surface area contributed by atoms with Gasteiger partial charge in [0.15, 0.2) is 0 Å². The summed E-state index contributed by atoms with van der Waals surface area (Å²) in [4.78, 5) is 7.59. The molecule has 0 aliphatic heterocycles. The van der Waals surface area contributed by atoms with Crippen molar-refractivity contribution in [3.05, 3.63) is 35.8 Å². The summed E-state index contributed by atoms with van der Waals surface area (Å²) in [5.41, 5.74) is 8.24. The van der Waals surface area contributed by atoms with Gasteiger partial charge in [0.2, 0.25) is 0 Å². The number of nitrogens with two attached hydrogens (primary N) is 1. The lowest BCUT2D eigenvalue weighted by molar-refractivity contribution is 0.468. The van der Waals surface area contributed by atoms with Gasteiger partial charge < -0.3 is 15.8 Å². The normalized spacial score (nSPS) is 11.1. The van der Waals surface area contributed by atoms with E-state index in [0.29, 0.717) is 12.5 Å². The summed E-state index contributed by atoms with van der Waals surface area (Å²) in [5, 5.41) is 9.57. The van der Waals surface area contributed by atoms with E-state index in [9.17, 15) is 5.11 Å². The van der Waals surface area contributed by atoms with E-state index in [2.05, 4.69) is 23.8 Å². The van der Waals surface area contributed by atoms with Crippen LogP contribution in [0.1, 0.15) is 31.2 Å². The van der Waals surface area contributed by atoms with E-state index in [1.165, 1.54) is 0 Å². The molecular weight excluding hydrogens is 214 g/mol. The minimum Gasteiger partial charge on any atom is -0.508 e. The van der Waals surface area contributed by atoms with Crippen LogP contribution >= 0.6 is 0 Å². The Morgan fingerprint density at radius 3 is 2.76 bits per heavy atom. The maximum Gasteiger partial charge on any atom is 0.120 e. The van der Waals surface area contributed by atoms with Gasteiger partial charge in [-0.15, -0.1) is 0 Å². The minimum absolute atomic E-state index is 0.236. The van der Waals surface area contributed by atoms with Crippen molar-refractivity contribution in [3.63, 3.8) is 0 Å². The number of nitrogens with zero attached hydrogens (tertiary/aromatic N) is 1. The molecule has 1 aromatic carbocycles. The van der Waals surface area contributed by atoms with E-state index in [-0.39, 0.29) is 5.75 Å². The highest BCUT2D eigenvalue weighted by molar-refractivity contribution is 5.61. The number of hydrogen-bond donors (Lipinski definition) is 3. The zero-order valence-electron chi connectivity index (χ0n) is 10.1. The minimum atomic E-state index is 0.236. The topological polar surface area (TPSA) is 74.9 Å². The molecule has 1 aromatic heterocycles. The number of rotatable bonds is 3. The maximum atomic E-state index is 9.57. The molecule has 0 radical (unpaired) electrons. The molecule has 90 valence electrons. The molecule has 0 aliphatic rings. The third kappa shape index (κ3) is 2.31. The van der Waals surface area contributed by atoms with Crippen LogP contribution in [0.25, 0.3) is 11.3 Å². The molecule has 4 heteroatoms. The number of benzene rings is 1. The summed E-state index contributed by atoms with van der Waals surface area (Å²) in [6.07, 6.45) is 1.81. The van der Waals surface area contributed by atoms with Gasteiger partial charge >= 0.3 is 0 Å². The van der Waals surface area contributed by atoms with E-state index in [1.54, 1.807) is 6.07 Å². The Morgan fingerprint density at radius 2 is 2.18 bits per heavy atom. The molecule has 0 unspecified atom stereocenters. The number of hydrogen-bond acceptors (Lipinski definition) is 3. The summed E-state index contributed by atoms with van der Waals surface area (Å²) >= 11 is 0. The van der Waals surface area contributed by atoms with Gasteiger partial charge in [0.05, 0.1) is 11.9 Å². The van der Waals surface area contributed by atoms with Gasteiger partial charge in [-0.2, -0.15) is 0 Å². The molecule has 0 atom stereocenters. The number of nitrogens with one attached hydrogen (secondary N) is 1. The Kier molecular flexibility index (Phi) is 3.15. The molecule has 0 bridgehead atoms. The first-order chi connectivity index (χ1) is 8.11. The molecule has 1 heterocycles. The first-order valence-electron chi connectivity index (χ1n) is 5.69. The van der Waals surface area contributed by atoms with Crippen molar-refractivity contribution >= 4 is 0 Å². The first-order valence-corrected chi connectivity index (χ1v) is 5.69. The van der Waals surface area contributed by atoms with Crippen LogP contribution in [0.5, 0.6) is 5.75 Å². The van der Waals surface area contributed by atoms with Gasteiger partial charge in [0.1, 0.15) is 11.6 Å². The van der Waals surface area contributed by atoms with Crippen LogP contribution in [0.2, 0.25) is 0 Å². The quantitative estimate of drug-likeness (QED) is 0.759. The molecule has 0 saturated carbocycles. The second kappa shape index (κ2) is 4.59. The first kappa shape index (κ1) is 11.7. The van der Waals surface area contributed by atoms with Crippen molar-refractivity contribution < 1.29 is 5.11 Å². The molecule has 17 heavy (non-hydrogen) atoms. The van der Waals surface area contributed by atoms with Gasteiger partial charge in [0.25, 0.3) is 0 Å². The molecule has 4 N–H and O–H groups in total. The van der Waals surface area contributed by atoms with Crippen LogP contribution in [0.4, 0.5) is 0 Å². The predicted molar refractivity (Wildman–Crippen MR) is 67.7 cm³/mol. The molecule has 0 amide bonds. The molecule has 0 aliphatic carbocycles. The van der Waals surface area contributed by atoms with E-state index in [4.69, 9.17) is 5.73 Å². The number of phenols is 1. The number of imidazole rings is 1. The van der Waals surface area contributed by atoms with Gasteiger partial charge in [-0.25, -0.2) is 4.98 Å². The number of aromatic nitrogens is 2. The van der Waals surface area contributed by atoms with Gasteiger partial charge in [-0.3, -0.25) is 0 Å². The maximum absolute atomic E-state index is 9.57. The van der Waals surface area contributed by atoms with E-state index in [0.717, 1.165) is 22.6 Å². The number of aromatic hydroxyl groups is 1. The zero-order chi connectivity index (χ0) is 12.4. The fourth-order valence-electron chi connectivity index (χ4n) is 1.69. The van der Waals surface area contributed by atoms with Gasteiger partial charge in [0, 0.05) is 23.6 Å². The van der Waals surface area contributed by atoms with Crippen LogP contribution in [-0.4, -0.2) is 15.1 Å². The largest absolute Gasteiger partial charge is 0.508 e. The Hall–Kier alpha value is -1.81. The van der Waals surface area contributed by atoms with Crippen molar-refractivity contribution in [1.82, 2.24) is 9.97 Å². The summed E-state index contributed by atoms with van der Waals surface area (Å²) in [5.74, 6) is 1.57. The number of phenolic OH excluding ortho intramolecular Hbond substituents is 1. The van der Waals surface area contributed by atoms with Crippen LogP contribution in [-0.2, 0) is 6.54 Å². The van der Waals surface area contributed by atoms with Crippen molar-refractivity contribution in [3.8, 4) is 17.0 Å². The fourth-order valence-corrected chi connectivity index (χ4v) is 1.69. The van der Waals surface area contributed by atoms with Crippen LogP contribution in [0.15, 0.2) is 24.4 Å². The lowest BCUT2D eigenvalue weighted by atomic mass is 10.1. The second-order valence-corrected chi connectivity index (χ2v) is 4.38. The van der Waals surface area contributed by atoms with Crippen LogP contribution in [0, 0.1) is 0 Å². The van der Waals surface area contributed by atoms with Gasteiger partial charge in [-0.1, -0.05) is 13.8 Å². The summed E-state index contributed by atoms with van der Waals surface area (Å²) in [6, 6.07) is 5.40. The average molecular weight is 231 g/mol. The van der Waals surface area contributed by atoms with E-state index < -0.39 is 0 Å². The molecule has 2 aromatic rings. The summed E-state index contributed by atoms with van der Waals surface area (Å²) < 4.78 is 0. The third-order valence-corrected chi connectivity index (χ3v) is 2.75. The Balaban J connectivity index is 2.38. The lowest BCUT2D eigenvalue weighted by Crippen LogP contribution is -1.97. The van der Waals surface area contributed by atoms with Crippen molar-refractivity contribution in [2.75, 3.05) is 0 Å². The van der Waals surface area contributed by atoms with E-state index >= 15 is 0 Å². The molecule has 4 nitrogen and oxygen atoms in total. The Morgan fingerprint density at radius 1 is 1.41 bits per heavy atom. The van der Waals surface area contributed by atoms with E-state index in [1.807, 2.05) is 18.3 Å². The SMILES string of the molecule is CC(C)c1ncc(-c2ccc(O)c(CN)c2)[nH]1. The highest BCUT2D eigenvalue weighted by Crippen LogP contribution is 2.25. The predicted octanol–water partition coefficient (Wildman–Crippen LogP) is 2.36. The number of aromatic amines is 1. The Bertz CT molecular complexity index is 517.